The summed E-state index contributed by atoms with van der Waals surface area (Å²) in [6.07, 6.45) is 5.28. The lowest BCUT2D eigenvalue weighted by Gasteiger charge is -2.31. The largest absolute Gasteiger partial charge is 0.493 e. The maximum Gasteiger partial charge on any atom is 0.228 e. The first-order valence-electron chi connectivity index (χ1n) is 10.4. The Morgan fingerprint density at radius 1 is 1.23 bits per heavy atom. The average Bonchev–Trinajstić information content (AvgIpc) is 2.78. The van der Waals surface area contributed by atoms with Crippen molar-refractivity contribution in [1.29, 1.82) is 0 Å². The molecule has 1 aromatic carbocycles. The van der Waals surface area contributed by atoms with Gasteiger partial charge in [0.15, 0.2) is 11.5 Å². The van der Waals surface area contributed by atoms with Gasteiger partial charge in [0.25, 0.3) is 0 Å². The molecular formula is C22H29N3O5S. The summed E-state index contributed by atoms with van der Waals surface area (Å²) in [5, 5.41) is 2.90. The minimum Gasteiger partial charge on any atom is -0.493 e. The van der Waals surface area contributed by atoms with E-state index in [-0.39, 0.29) is 24.1 Å². The fourth-order valence-corrected chi connectivity index (χ4v) is 5.14. The van der Waals surface area contributed by atoms with Crippen molar-refractivity contribution in [2.24, 2.45) is 5.92 Å². The van der Waals surface area contributed by atoms with E-state index < -0.39 is 10.0 Å². The van der Waals surface area contributed by atoms with Crippen LogP contribution in [0.25, 0.3) is 0 Å². The number of aromatic nitrogens is 1. The van der Waals surface area contributed by atoms with Gasteiger partial charge in [0.2, 0.25) is 15.9 Å². The molecule has 0 saturated carbocycles. The highest BCUT2D eigenvalue weighted by molar-refractivity contribution is 7.89. The van der Waals surface area contributed by atoms with E-state index in [9.17, 15) is 13.2 Å². The molecular weight excluding hydrogens is 418 g/mol. The zero-order valence-corrected chi connectivity index (χ0v) is 18.7. The number of nitrogens with one attached hydrogen (secondary N) is 1. The SMILES string of the molecule is CCCS(=O)(=O)N1CCCC(C(=O)Nc2ccc(OC)c(OCc3ccncc3)c2)C1. The zero-order valence-electron chi connectivity index (χ0n) is 17.9. The van der Waals surface area contributed by atoms with E-state index >= 15 is 0 Å². The Morgan fingerprint density at radius 2 is 2.00 bits per heavy atom. The summed E-state index contributed by atoms with van der Waals surface area (Å²) in [5.74, 6) is 0.595. The van der Waals surface area contributed by atoms with E-state index in [4.69, 9.17) is 9.47 Å². The molecule has 1 unspecified atom stereocenters. The van der Waals surface area contributed by atoms with Crippen LogP contribution in [-0.2, 0) is 21.4 Å². The first-order valence-corrected chi connectivity index (χ1v) is 12.0. The van der Waals surface area contributed by atoms with Crippen molar-refractivity contribution in [2.75, 3.05) is 31.3 Å². The molecule has 1 saturated heterocycles. The molecule has 1 fully saturated rings. The van der Waals surface area contributed by atoms with Crippen molar-refractivity contribution in [3.63, 3.8) is 0 Å². The standard InChI is InChI=1S/C22H29N3O5S/c1-3-13-31(27,28)25-12-4-5-18(15-25)22(26)24-19-6-7-20(29-2)21(14-19)30-16-17-8-10-23-11-9-17/h6-11,14,18H,3-5,12-13,15-16H2,1-2H3,(H,24,26). The van der Waals surface area contributed by atoms with E-state index in [1.54, 1.807) is 37.7 Å². The molecule has 1 aliphatic rings. The van der Waals surface area contributed by atoms with Gasteiger partial charge in [-0.05, 0) is 49.1 Å². The fraction of sp³-hybridized carbons (Fsp3) is 0.455. The molecule has 31 heavy (non-hydrogen) atoms. The number of rotatable bonds is 9. The highest BCUT2D eigenvalue weighted by Gasteiger charge is 2.31. The Kier molecular flexibility index (Phi) is 7.86. The number of benzene rings is 1. The number of nitrogens with zero attached hydrogens (tertiary/aromatic N) is 2. The first-order chi connectivity index (χ1) is 14.9. The van der Waals surface area contributed by atoms with Gasteiger partial charge in [0.05, 0.1) is 18.8 Å². The number of hydrogen-bond acceptors (Lipinski definition) is 6. The van der Waals surface area contributed by atoms with E-state index in [1.165, 1.54) is 4.31 Å². The van der Waals surface area contributed by atoms with Gasteiger partial charge in [-0.15, -0.1) is 0 Å². The van der Waals surface area contributed by atoms with Crippen molar-refractivity contribution in [1.82, 2.24) is 9.29 Å². The Labute approximate surface area is 183 Å². The van der Waals surface area contributed by atoms with Crippen LogP contribution in [0.1, 0.15) is 31.7 Å². The summed E-state index contributed by atoms with van der Waals surface area (Å²) in [6.45, 7) is 2.87. The zero-order chi connectivity index (χ0) is 22.3. The summed E-state index contributed by atoms with van der Waals surface area (Å²) in [6, 6.07) is 8.91. The van der Waals surface area contributed by atoms with Crippen LogP contribution < -0.4 is 14.8 Å². The second kappa shape index (κ2) is 10.6. The van der Waals surface area contributed by atoms with E-state index in [0.29, 0.717) is 49.6 Å². The Balaban J connectivity index is 1.66. The van der Waals surface area contributed by atoms with Crippen molar-refractivity contribution >= 4 is 21.6 Å². The second-order valence-electron chi connectivity index (χ2n) is 7.51. The lowest BCUT2D eigenvalue weighted by Crippen LogP contribution is -2.44. The van der Waals surface area contributed by atoms with Gasteiger partial charge in [-0.3, -0.25) is 9.78 Å². The third-order valence-electron chi connectivity index (χ3n) is 5.19. The number of hydrogen-bond donors (Lipinski definition) is 1. The minimum absolute atomic E-state index is 0.109. The van der Waals surface area contributed by atoms with Crippen molar-refractivity contribution in [3.8, 4) is 11.5 Å². The van der Waals surface area contributed by atoms with Gasteiger partial charge in [-0.1, -0.05) is 6.92 Å². The molecule has 1 aromatic heterocycles. The van der Waals surface area contributed by atoms with Crippen LogP contribution in [0, 0.1) is 5.92 Å². The van der Waals surface area contributed by atoms with Crippen LogP contribution in [0.3, 0.4) is 0 Å². The topological polar surface area (TPSA) is 97.8 Å². The van der Waals surface area contributed by atoms with Gasteiger partial charge < -0.3 is 14.8 Å². The van der Waals surface area contributed by atoms with Crippen LogP contribution in [0.5, 0.6) is 11.5 Å². The molecule has 1 N–H and O–H groups in total. The summed E-state index contributed by atoms with van der Waals surface area (Å²) in [4.78, 5) is 16.8. The molecule has 0 spiro atoms. The van der Waals surface area contributed by atoms with Crippen LogP contribution in [0.2, 0.25) is 0 Å². The smallest absolute Gasteiger partial charge is 0.228 e. The summed E-state index contributed by atoms with van der Waals surface area (Å²) < 4.78 is 37.4. The Hall–Kier alpha value is -2.65. The number of carbonyl (C=O) groups excluding carboxylic acids is 1. The van der Waals surface area contributed by atoms with Gasteiger partial charge >= 0.3 is 0 Å². The van der Waals surface area contributed by atoms with Crippen LogP contribution >= 0.6 is 0 Å². The van der Waals surface area contributed by atoms with Crippen LogP contribution in [0.15, 0.2) is 42.7 Å². The summed E-state index contributed by atoms with van der Waals surface area (Å²) in [7, 11) is -1.75. The molecule has 2 aromatic rings. The van der Waals surface area contributed by atoms with Gasteiger partial charge in [-0.25, -0.2) is 12.7 Å². The Morgan fingerprint density at radius 3 is 2.71 bits per heavy atom. The quantitative estimate of drug-likeness (QED) is 0.634. The molecule has 168 valence electrons. The number of carbonyl (C=O) groups is 1. The monoisotopic (exact) mass is 447 g/mol. The average molecular weight is 448 g/mol. The maximum atomic E-state index is 12.8. The van der Waals surface area contributed by atoms with Crippen LogP contribution in [0.4, 0.5) is 5.69 Å². The lowest BCUT2D eigenvalue weighted by atomic mass is 9.98. The predicted octanol–water partition coefficient (Wildman–Crippen LogP) is 3.06. The van der Waals surface area contributed by atoms with E-state index in [2.05, 4.69) is 10.3 Å². The summed E-state index contributed by atoms with van der Waals surface area (Å²) in [5.41, 5.74) is 1.53. The number of amides is 1. The minimum atomic E-state index is -3.31. The van der Waals surface area contributed by atoms with Gasteiger partial charge in [0.1, 0.15) is 6.61 Å². The van der Waals surface area contributed by atoms with Gasteiger partial charge in [-0.2, -0.15) is 0 Å². The van der Waals surface area contributed by atoms with Crippen LogP contribution in [-0.4, -0.2) is 49.6 Å². The number of pyridine rings is 1. The fourth-order valence-electron chi connectivity index (χ4n) is 3.55. The highest BCUT2D eigenvalue weighted by Crippen LogP contribution is 2.31. The Bertz CT molecular complexity index is 982. The third kappa shape index (κ3) is 6.18. The molecule has 1 aliphatic heterocycles. The van der Waals surface area contributed by atoms with Gasteiger partial charge in [0, 0.05) is 37.2 Å². The van der Waals surface area contributed by atoms with Crippen molar-refractivity contribution in [2.45, 2.75) is 32.8 Å². The molecule has 3 rings (SSSR count). The van der Waals surface area contributed by atoms with E-state index in [0.717, 1.165) is 5.56 Å². The molecule has 0 aliphatic carbocycles. The van der Waals surface area contributed by atoms with Crippen molar-refractivity contribution in [3.05, 3.63) is 48.3 Å². The predicted molar refractivity (Wildman–Crippen MR) is 119 cm³/mol. The van der Waals surface area contributed by atoms with E-state index in [1.807, 2.05) is 19.1 Å². The number of anilines is 1. The summed E-state index contributed by atoms with van der Waals surface area (Å²) >= 11 is 0. The second-order valence-corrected chi connectivity index (χ2v) is 9.60. The molecule has 8 nitrogen and oxygen atoms in total. The maximum absolute atomic E-state index is 12.8. The third-order valence-corrected chi connectivity index (χ3v) is 7.23. The molecule has 9 heteroatoms. The first kappa shape index (κ1) is 23.0. The number of sulfonamides is 1. The number of methoxy groups -OCH3 is 1. The lowest BCUT2D eigenvalue weighted by molar-refractivity contribution is -0.120. The van der Waals surface area contributed by atoms with Crippen molar-refractivity contribution < 1.29 is 22.7 Å². The molecule has 2 heterocycles. The molecule has 1 atom stereocenters. The normalized spacial score (nSPS) is 17.2. The molecule has 1 amide bonds. The highest BCUT2D eigenvalue weighted by atomic mass is 32.2. The molecule has 0 bridgehead atoms. The molecule has 0 radical (unpaired) electrons. The number of piperidine rings is 1. The number of ether oxygens (including phenoxy) is 2.